The molecule has 5 nitrogen and oxygen atoms in total. The second-order valence-electron chi connectivity index (χ2n) is 4.48. The minimum Gasteiger partial charge on any atom is -0.350 e. The van der Waals surface area contributed by atoms with Crippen LogP contribution in [0.5, 0.6) is 0 Å². The van der Waals surface area contributed by atoms with E-state index in [1.807, 2.05) is 13.8 Å². The van der Waals surface area contributed by atoms with Crippen molar-refractivity contribution in [3.63, 3.8) is 0 Å². The molecule has 0 aliphatic rings. The van der Waals surface area contributed by atoms with Crippen LogP contribution in [-0.2, 0) is 10.0 Å². The Labute approximate surface area is 125 Å². The molecule has 1 aromatic rings. The third-order valence-corrected chi connectivity index (χ3v) is 4.67. The largest absolute Gasteiger partial charge is 0.350 e. The van der Waals surface area contributed by atoms with Crippen LogP contribution in [0.4, 0.5) is 4.39 Å². The maximum absolute atomic E-state index is 13.7. The molecule has 0 aliphatic carbocycles. The van der Waals surface area contributed by atoms with Gasteiger partial charge in [0.2, 0.25) is 10.0 Å². The molecule has 0 fully saturated rings. The third-order valence-electron chi connectivity index (χ3n) is 2.66. The van der Waals surface area contributed by atoms with Crippen molar-refractivity contribution < 1.29 is 17.6 Å². The zero-order chi connectivity index (χ0) is 15.5. The highest BCUT2D eigenvalue weighted by Gasteiger charge is 2.20. The lowest BCUT2D eigenvalue weighted by molar-refractivity contribution is 0.0937. The van der Waals surface area contributed by atoms with E-state index in [1.165, 1.54) is 0 Å². The Morgan fingerprint density at radius 3 is 2.60 bits per heavy atom. The van der Waals surface area contributed by atoms with Crippen LogP contribution >= 0.6 is 15.9 Å². The van der Waals surface area contributed by atoms with Gasteiger partial charge in [-0.15, -0.1) is 0 Å². The predicted octanol–water partition coefficient (Wildman–Crippen LogP) is 2.15. The minimum atomic E-state index is -4.12. The highest BCUT2D eigenvalue weighted by molar-refractivity contribution is 9.10. The zero-order valence-corrected chi connectivity index (χ0v) is 13.5. The number of amides is 1. The van der Waals surface area contributed by atoms with Crippen molar-refractivity contribution in [3.05, 3.63) is 28.0 Å². The van der Waals surface area contributed by atoms with Crippen molar-refractivity contribution in [1.82, 2.24) is 5.32 Å². The summed E-state index contributed by atoms with van der Waals surface area (Å²) in [4.78, 5) is 11.5. The molecule has 0 aromatic heterocycles. The summed E-state index contributed by atoms with van der Waals surface area (Å²) in [5, 5.41) is 7.65. The summed E-state index contributed by atoms with van der Waals surface area (Å²) < 4.78 is 36.1. The molecule has 1 rings (SSSR count). The number of carbonyl (C=O) groups is 1. The van der Waals surface area contributed by atoms with E-state index >= 15 is 0 Å². The molecular weight excluding hydrogens is 351 g/mol. The first kappa shape index (κ1) is 17.1. The summed E-state index contributed by atoms with van der Waals surface area (Å²) in [6, 6.07) is 1.93. The molecule has 0 aliphatic heterocycles. The van der Waals surface area contributed by atoms with E-state index in [9.17, 15) is 17.6 Å². The summed E-state index contributed by atoms with van der Waals surface area (Å²) in [6.07, 6.45) is 1.66. The van der Waals surface area contributed by atoms with Crippen LogP contribution in [-0.4, -0.2) is 20.4 Å². The Morgan fingerprint density at radius 1 is 1.50 bits per heavy atom. The van der Waals surface area contributed by atoms with Crippen molar-refractivity contribution in [2.24, 2.45) is 5.14 Å². The van der Waals surface area contributed by atoms with E-state index in [-0.39, 0.29) is 16.1 Å². The fraction of sp³-hybridized carbons (Fsp3) is 0.417. The molecule has 1 atom stereocenters. The standard InChI is InChI=1S/C12H16BrFN2O3S/c1-3-4-7(2)16-12(17)8-5-9(14)11(13)10(6-8)20(15,18)19/h5-7H,3-4H2,1-2H3,(H,16,17)(H2,15,18,19). The highest BCUT2D eigenvalue weighted by Crippen LogP contribution is 2.25. The Kier molecular flexibility index (Phi) is 5.67. The maximum Gasteiger partial charge on any atom is 0.251 e. The average molecular weight is 367 g/mol. The van der Waals surface area contributed by atoms with Gasteiger partial charge in [-0.3, -0.25) is 4.79 Å². The summed E-state index contributed by atoms with van der Waals surface area (Å²) in [6.45, 7) is 3.79. The number of carbonyl (C=O) groups excluding carboxylic acids is 1. The molecule has 1 amide bonds. The van der Waals surface area contributed by atoms with Crippen LogP contribution < -0.4 is 10.5 Å². The van der Waals surface area contributed by atoms with Crippen LogP contribution in [0.2, 0.25) is 0 Å². The molecule has 0 bridgehead atoms. The first-order valence-corrected chi connectivity index (χ1v) is 8.33. The lowest BCUT2D eigenvalue weighted by Crippen LogP contribution is -2.32. The first-order chi connectivity index (χ1) is 9.16. The number of hydrogen-bond acceptors (Lipinski definition) is 3. The van der Waals surface area contributed by atoms with E-state index in [0.717, 1.165) is 25.0 Å². The summed E-state index contributed by atoms with van der Waals surface area (Å²) >= 11 is 2.81. The Hall–Kier alpha value is -0.990. The van der Waals surface area contributed by atoms with Crippen LogP contribution in [0.25, 0.3) is 0 Å². The van der Waals surface area contributed by atoms with E-state index in [2.05, 4.69) is 21.2 Å². The van der Waals surface area contributed by atoms with Gasteiger partial charge >= 0.3 is 0 Å². The molecule has 1 aromatic carbocycles. The highest BCUT2D eigenvalue weighted by atomic mass is 79.9. The Balaban J connectivity index is 3.15. The van der Waals surface area contributed by atoms with Gasteiger partial charge in [0.25, 0.3) is 5.91 Å². The average Bonchev–Trinajstić information content (AvgIpc) is 2.30. The van der Waals surface area contributed by atoms with Crippen molar-refractivity contribution in [3.8, 4) is 0 Å². The van der Waals surface area contributed by atoms with Gasteiger partial charge in [0.1, 0.15) is 5.82 Å². The van der Waals surface area contributed by atoms with Gasteiger partial charge in [-0.05, 0) is 41.4 Å². The van der Waals surface area contributed by atoms with Crippen molar-refractivity contribution in [2.75, 3.05) is 0 Å². The van der Waals surface area contributed by atoms with Gasteiger partial charge in [0.15, 0.2) is 0 Å². The van der Waals surface area contributed by atoms with Crippen molar-refractivity contribution in [2.45, 2.75) is 37.6 Å². The topological polar surface area (TPSA) is 89.3 Å². The van der Waals surface area contributed by atoms with E-state index in [4.69, 9.17) is 5.14 Å². The monoisotopic (exact) mass is 366 g/mol. The molecule has 1 unspecified atom stereocenters. The van der Waals surface area contributed by atoms with Gasteiger partial charge < -0.3 is 5.32 Å². The molecule has 3 N–H and O–H groups in total. The molecule has 0 radical (unpaired) electrons. The van der Waals surface area contributed by atoms with Crippen LogP contribution in [0, 0.1) is 5.82 Å². The van der Waals surface area contributed by atoms with Crippen molar-refractivity contribution >= 4 is 31.9 Å². The number of hydrogen-bond donors (Lipinski definition) is 2. The molecule has 0 saturated heterocycles. The number of nitrogens with one attached hydrogen (secondary N) is 1. The first-order valence-electron chi connectivity index (χ1n) is 5.99. The summed E-state index contributed by atoms with van der Waals surface area (Å²) in [5.74, 6) is -1.40. The van der Waals surface area contributed by atoms with Gasteiger partial charge in [-0.25, -0.2) is 17.9 Å². The van der Waals surface area contributed by atoms with E-state index in [0.29, 0.717) is 0 Å². The number of halogens is 2. The van der Waals surface area contributed by atoms with E-state index in [1.54, 1.807) is 0 Å². The molecule has 112 valence electrons. The number of benzene rings is 1. The third kappa shape index (κ3) is 4.26. The fourth-order valence-electron chi connectivity index (χ4n) is 1.71. The summed E-state index contributed by atoms with van der Waals surface area (Å²) in [5.41, 5.74) is -0.0855. The number of rotatable bonds is 5. The van der Waals surface area contributed by atoms with Crippen LogP contribution in [0.3, 0.4) is 0 Å². The molecule has 20 heavy (non-hydrogen) atoms. The maximum atomic E-state index is 13.7. The van der Waals surface area contributed by atoms with Gasteiger partial charge in [0.05, 0.1) is 9.37 Å². The smallest absolute Gasteiger partial charge is 0.251 e. The Morgan fingerprint density at radius 2 is 2.10 bits per heavy atom. The van der Waals surface area contributed by atoms with Gasteiger partial charge in [0, 0.05) is 11.6 Å². The predicted molar refractivity (Wildman–Crippen MR) is 77.3 cm³/mol. The molecular formula is C12H16BrFN2O3S. The lowest BCUT2D eigenvalue weighted by atomic mass is 10.1. The molecule has 0 spiro atoms. The second kappa shape index (κ2) is 6.64. The molecule has 0 heterocycles. The minimum absolute atomic E-state index is 0.0855. The van der Waals surface area contributed by atoms with Crippen LogP contribution in [0.1, 0.15) is 37.0 Å². The molecule has 0 saturated carbocycles. The normalized spacial score (nSPS) is 13.1. The second-order valence-corrected chi connectivity index (χ2v) is 6.80. The van der Waals surface area contributed by atoms with Gasteiger partial charge in [-0.2, -0.15) is 0 Å². The number of nitrogens with two attached hydrogens (primary N) is 1. The summed E-state index contributed by atoms with van der Waals surface area (Å²) in [7, 11) is -4.12. The zero-order valence-electron chi connectivity index (χ0n) is 11.1. The molecule has 8 heteroatoms. The SMILES string of the molecule is CCCC(C)NC(=O)c1cc(F)c(Br)c(S(N)(=O)=O)c1. The fourth-order valence-corrected chi connectivity index (χ4v) is 3.26. The van der Waals surface area contributed by atoms with E-state index < -0.39 is 26.6 Å². The van der Waals surface area contributed by atoms with Crippen molar-refractivity contribution in [1.29, 1.82) is 0 Å². The number of primary sulfonamides is 1. The quantitative estimate of drug-likeness (QED) is 0.836. The Bertz CT molecular complexity index is 619. The van der Waals surface area contributed by atoms with Gasteiger partial charge in [-0.1, -0.05) is 13.3 Å². The lowest BCUT2D eigenvalue weighted by Gasteiger charge is -2.13. The number of sulfonamides is 1. The van der Waals surface area contributed by atoms with Crippen LogP contribution in [0.15, 0.2) is 21.5 Å².